The van der Waals surface area contributed by atoms with E-state index in [1.54, 1.807) is 0 Å². The first-order chi connectivity index (χ1) is 3.81. The second-order valence-corrected chi connectivity index (χ2v) is 2.13. The highest BCUT2D eigenvalue weighted by atomic mass is 79.9. The maximum Gasteiger partial charge on any atom is 0.143 e. The number of nitrogens with two attached hydrogens (primary N) is 1. The highest BCUT2D eigenvalue weighted by molar-refractivity contribution is 9.09. The van der Waals surface area contributed by atoms with Gasteiger partial charge in [-0.2, -0.15) is 0 Å². The Balaban J connectivity index is 2.99. The van der Waals surface area contributed by atoms with E-state index in [9.17, 15) is 4.79 Å². The molecule has 0 aliphatic rings. The van der Waals surface area contributed by atoms with Gasteiger partial charge in [0.15, 0.2) is 0 Å². The fourth-order valence-corrected chi connectivity index (χ4v) is 0.646. The Morgan fingerprint density at radius 2 is 2.25 bits per heavy atom. The van der Waals surface area contributed by atoms with Gasteiger partial charge >= 0.3 is 0 Å². The van der Waals surface area contributed by atoms with Crippen molar-refractivity contribution in [3.8, 4) is 0 Å². The van der Waals surface area contributed by atoms with Crippen molar-refractivity contribution in [3.63, 3.8) is 0 Å². The van der Waals surface area contributed by atoms with Gasteiger partial charge < -0.3 is 5.73 Å². The Morgan fingerprint density at radius 1 is 1.62 bits per heavy atom. The predicted octanol–water partition coefficient (Wildman–Crippen LogP) is 0.689. The molecule has 0 rings (SSSR count). The molecule has 0 aliphatic heterocycles. The molecule has 0 heterocycles. The first-order valence-corrected chi connectivity index (χ1v) is 3.71. The van der Waals surface area contributed by atoms with Crippen LogP contribution in [-0.4, -0.2) is 17.7 Å². The lowest BCUT2D eigenvalue weighted by atomic mass is 10.2. The summed E-state index contributed by atoms with van der Waals surface area (Å²) in [6, 6.07) is 0. The van der Waals surface area contributed by atoms with Crippen LogP contribution in [0.2, 0.25) is 0 Å². The minimum absolute atomic E-state index is 0.232. The van der Waals surface area contributed by atoms with Gasteiger partial charge in [-0.1, -0.05) is 15.9 Å². The lowest BCUT2D eigenvalue weighted by Crippen LogP contribution is -2.04. The van der Waals surface area contributed by atoms with Crippen molar-refractivity contribution in [1.82, 2.24) is 0 Å². The SMILES string of the molecule is NCCCC(=O)CBr. The normalized spacial score (nSPS) is 9.25. The fourth-order valence-electron chi connectivity index (χ4n) is 0.366. The summed E-state index contributed by atoms with van der Waals surface area (Å²) < 4.78 is 0. The third-order valence-electron chi connectivity index (χ3n) is 0.809. The third-order valence-corrected chi connectivity index (χ3v) is 1.43. The van der Waals surface area contributed by atoms with E-state index in [0.717, 1.165) is 6.42 Å². The molecule has 0 saturated heterocycles. The summed E-state index contributed by atoms with van der Waals surface area (Å²) in [6.07, 6.45) is 1.42. The van der Waals surface area contributed by atoms with Crippen molar-refractivity contribution < 1.29 is 4.79 Å². The van der Waals surface area contributed by atoms with Gasteiger partial charge in [0.05, 0.1) is 5.33 Å². The van der Waals surface area contributed by atoms with Crippen molar-refractivity contribution in [2.24, 2.45) is 5.73 Å². The van der Waals surface area contributed by atoms with Crippen molar-refractivity contribution in [2.75, 3.05) is 11.9 Å². The number of halogens is 1. The highest BCUT2D eigenvalue weighted by Crippen LogP contribution is 1.91. The molecular weight excluding hydrogens is 170 g/mol. The number of rotatable bonds is 4. The van der Waals surface area contributed by atoms with Gasteiger partial charge in [0.25, 0.3) is 0 Å². The van der Waals surface area contributed by atoms with Crippen LogP contribution in [0.25, 0.3) is 0 Å². The quantitative estimate of drug-likeness (QED) is 0.646. The Morgan fingerprint density at radius 3 is 2.62 bits per heavy atom. The Hall–Kier alpha value is 0.110. The minimum Gasteiger partial charge on any atom is -0.330 e. The monoisotopic (exact) mass is 179 g/mol. The molecule has 0 amide bonds. The summed E-state index contributed by atoms with van der Waals surface area (Å²) in [5.41, 5.74) is 5.16. The molecule has 0 saturated carbocycles. The molecule has 8 heavy (non-hydrogen) atoms. The molecule has 0 aromatic carbocycles. The molecule has 0 bridgehead atoms. The van der Waals surface area contributed by atoms with Crippen molar-refractivity contribution in [3.05, 3.63) is 0 Å². The minimum atomic E-state index is 0.232. The summed E-state index contributed by atoms with van der Waals surface area (Å²) in [6.45, 7) is 0.610. The van der Waals surface area contributed by atoms with Crippen LogP contribution in [0, 0.1) is 0 Å². The lowest BCUT2D eigenvalue weighted by molar-refractivity contribution is -0.116. The summed E-state index contributed by atoms with van der Waals surface area (Å²) in [7, 11) is 0. The molecule has 3 heteroatoms. The van der Waals surface area contributed by atoms with E-state index in [1.807, 2.05) is 0 Å². The van der Waals surface area contributed by atoms with Crippen LogP contribution in [0.3, 0.4) is 0 Å². The largest absolute Gasteiger partial charge is 0.330 e. The zero-order chi connectivity index (χ0) is 6.41. The molecule has 0 spiro atoms. The molecule has 0 aliphatic carbocycles. The Labute approximate surface area is 57.6 Å². The van der Waals surface area contributed by atoms with Crippen LogP contribution in [0.5, 0.6) is 0 Å². The number of Topliss-reactive ketones (excluding diaryl/α,β-unsaturated/α-hetero) is 1. The average Bonchev–Trinajstić information content (AvgIpc) is 1.83. The fraction of sp³-hybridized carbons (Fsp3) is 0.800. The number of carbonyl (C=O) groups is 1. The first-order valence-electron chi connectivity index (χ1n) is 2.59. The summed E-state index contributed by atoms with van der Waals surface area (Å²) in [5.74, 6) is 0.232. The maximum absolute atomic E-state index is 10.5. The van der Waals surface area contributed by atoms with Crippen LogP contribution in [0.4, 0.5) is 0 Å². The van der Waals surface area contributed by atoms with Crippen LogP contribution in [-0.2, 0) is 4.79 Å². The molecule has 48 valence electrons. The van der Waals surface area contributed by atoms with Crippen molar-refractivity contribution in [2.45, 2.75) is 12.8 Å². The van der Waals surface area contributed by atoms with E-state index in [4.69, 9.17) is 5.73 Å². The Kier molecular flexibility index (Phi) is 5.32. The van der Waals surface area contributed by atoms with Gasteiger partial charge in [-0.15, -0.1) is 0 Å². The van der Waals surface area contributed by atoms with E-state index in [0.29, 0.717) is 18.3 Å². The van der Waals surface area contributed by atoms with Gasteiger partial charge in [0.2, 0.25) is 0 Å². The first kappa shape index (κ1) is 8.11. The molecule has 0 atom stereocenters. The van der Waals surface area contributed by atoms with Gasteiger partial charge in [0.1, 0.15) is 5.78 Å². The molecule has 2 N–H and O–H groups in total. The molecule has 0 radical (unpaired) electrons. The standard InChI is InChI=1S/C5H10BrNO/c6-4-5(8)2-1-3-7/h1-4,7H2. The zero-order valence-electron chi connectivity index (χ0n) is 4.69. The van der Waals surface area contributed by atoms with E-state index >= 15 is 0 Å². The number of hydrogen-bond donors (Lipinski definition) is 1. The smallest absolute Gasteiger partial charge is 0.143 e. The molecular formula is C5H10BrNO. The average molecular weight is 180 g/mol. The van der Waals surface area contributed by atoms with E-state index in [2.05, 4.69) is 15.9 Å². The van der Waals surface area contributed by atoms with Crippen LogP contribution >= 0.6 is 15.9 Å². The van der Waals surface area contributed by atoms with E-state index < -0.39 is 0 Å². The number of alkyl halides is 1. The Bertz CT molecular complexity index is 74.8. The van der Waals surface area contributed by atoms with Crippen LogP contribution in [0.15, 0.2) is 0 Å². The number of hydrogen-bond acceptors (Lipinski definition) is 2. The third kappa shape index (κ3) is 4.27. The summed E-state index contributed by atoms with van der Waals surface area (Å²) in [5, 5.41) is 0.465. The zero-order valence-corrected chi connectivity index (χ0v) is 6.28. The van der Waals surface area contributed by atoms with E-state index in [-0.39, 0.29) is 5.78 Å². The van der Waals surface area contributed by atoms with Gasteiger partial charge in [-0.25, -0.2) is 0 Å². The number of ketones is 1. The molecule has 0 fully saturated rings. The molecule has 0 aromatic heterocycles. The van der Waals surface area contributed by atoms with Gasteiger partial charge in [-0.05, 0) is 13.0 Å². The summed E-state index contributed by atoms with van der Waals surface area (Å²) >= 11 is 3.05. The van der Waals surface area contributed by atoms with Gasteiger partial charge in [-0.3, -0.25) is 4.79 Å². The predicted molar refractivity (Wildman–Crippen MR) is 37.1 cm³/mol. The molecule has 0 aromatic rings. The van der Waals surface area contributed by atoms with Crippen LogP contribution in [0.1, 0.15) is 12.8 Å². The highest BCUT2D eigenvalue weighted by Gasteiger charge is 1.95. The lowest BCUT2D eigenvalue weighted by Gasteiger charge is -1.90. The molecule has 0 unspecified atom stereocenters. The second kappa shape index (κ2) is 5.25. The van der Waals surface area contributed by atoms with E-state index in [1.165, 1.54) is 0 Å². The van der Waals surface area contributed by atoms with Crippen molar-refractivity contribution >= 4 is 21.7 Å². The topological polar surface area (TPSA) is 43.1 Å². The maximum atomic E-state index is 10.5. The van der Waals surface area contributed by atoms with Crippen molar-refractivity contribution in [1.29, 1.82) is 0 Å². The molecule has 2 nitrogen and oxygen atoms in total. The van der Waals surface area contributed by atoms with Crippen LogP contribution < -0.4 is 5.73 Å². The second-order valence-electron chi connectivity index (χ2n) is 1.56. The number of carbonyl (C=O) groups excluding carboxylic acids is 1. The van der Waals surface area contributed by atoms with Gasteiger partial charge in [0, 0.05) is 6.42 Å². The summed E-state index contributed by atoms with van der Waals surface area (Å²) in [4.78, 5) is 10.5.